The lowest BCUT2D eigenvalue weighted by Crippen LogP contribution is -2.40. The van der Waals surface area contributed by atoms with Crippen molar-refractivity contribution in [3.05, 3.63) is 58.9 Å². The van der Waals surface area contributed by atoms with Gasteiger partial charge in [-0.25, -0.2) is 4.39 Å². The number of nitrogens with zero attached hydrogens (tertiary/aromatic N) is 1. The van der Waals surface area contributed by atoms with E-state index in [0.29, 0.717) is 11.5 Å². The van der Waals surface area contributed by atoms with Gasteiger partial charge in [0.05, 0.1) is 5.02 Å². The molecule has 0 aliphatic carbocycles. The summed E-state index contributed by atoms with van der Waals surface area (Å²) in [5, 5.41) is 0.0799. The third kappa shape index (κ3) is 4.43. The molecule has 3 rings (SSSR count). The van der Waals surface area contributed by atoms with E-state index in [0.717, 1.165) is 50.1 Å². The van der Waals surface area contributed by atoms with Gasteiger partial charge in [-0.2, -0.15) is 0 Å². The third-order valence-corrected chi connectivity index (χ3v) is 5.19. The minimum Gasteiger partial charge on any atom is -0.385 e. The van der Waals surface area contributed by atoms with Crippen molar-refractivity contribution in [2.75, 3.05) is 26.8 Å². The second kappa shape index (κ2) is 8.65. The van der Waals surface area contributed by atoms with Crippen LogP contribution in [0.1, 0.15) is 29.6 Å². The molecule has 1 aliphatic heterocycles. The number of likely N-dealkylation sites (tertiary alicyclic amines) is 1. The summed E-state index contributed by atoms with van der Waals surface area (Å²) < 4.78 is 18.6. The zero-order valence-corrected chi connectivity index (χ0v) is 15.6. The molecule has 1 saturated heterocycles. The molecule has 0 N–H and O–H groups in total. The summed E-state index contributed by atoms with van der Waals surface area (Å²) in [5.74, 6) is 0.0898. The molecule has 1 amide bonds. The largest absolute Gasteiger partial charge is 0.385 e. The molecule has 0 radical (unpaired) electrons. The van der Waals surface area contributed by atoms with Gasteiger partial charge in [0, 0.05) is 32.4 Å². The van der Waals surface area contributed by atoms with Gasteiger partial charge in [0.1, 0.15) is 5.82 Å². The van der Waals surface area contributed by atoms with Gasteiger partial charge in [0.2, 0.25) is 0 Å². The highest BCUT2D eigenvalue weighted by molar-refractivity contribution is 6.31. The van der Waals surface area contributed by atoms with Crippen LogP contribution in [0, 0.1) is 11.7 Å². The van der Waals surface area contributed by atoms with Crippen LogP contribution >= 0.6 is 11.6 Å². The predicted octanol–water partition coefficient (Wildman–Crippen LogP) is 5.03. The Balaban J connectivity index is 1.76. The van der Waals surface area contributed by atoms with Crippen LogP contribution in [0.15, 0.2) is 42.5 Å². The van der Waals surface area contributed by atoms with E-state index in [2.05, 4.69) is 0 Å². The highest BCUT2D eigenvalue weighted by Crippen LogP contribution is 2.27. The van der Waals surface area contributed by atoms with Gasteiger partial charge >= 0.3 is 0 Å². The number of hydrogen-bond donors (Lipinski definition) is 0. The summed E-state index contributed by atoms with van der Waals surface area (Å²) in [7, 11) is 1.71. The number of piperidine rings is 1. The van der Waals surface area contributed by atoms with Crippen molar-refractivity contribution in [3.8, 4) is 11.1 Å². The van der Waals surface area contributed by atoms with Crippen LogP contribution in [-0.4, -0.2) is 37.6 Å². The van der Waals surface area contributed by atoms with Crippen molar-refractivity contribution in [1.29, 1.82) is 0 Å². The summed E-state index contributed by atoms with van der Waals surface area (Å²) in [4.78, 5) is 14.9. The number of halogens is 2. The molecule has 1 aliphatic rings. The molecule has 138 valence electrons. The highest BCUT2D eigenvalue weighted by atomic mass is 35.5. The molecule has 3 nitrogen and oxygen atoms in total. The van der Waals surface area contributed by atoms with Gasteiger partial charge in [0.25, 0.3) is 5.91 Å². The number of hydrogen-bond acceptors (Lipinski definition) is 2. The maximum absolute atomic E-state index is 13.4. The first-order valence-corrected chi connectivity index (χ1v) is 9.30. The van der Waals surface area contributed by atoms with E-state index < -0.39 is 5.82 Å². The topological polar surface area (TPSA) is 29.5 Å². The first-order chi connectivity index (χ1) is 12.6. The Morgan fingerprint density at radius 1 is 1.27 bits per heavy atom. The third-order valence-electron chi connectivity index (χ3n) is 4.90. The lowest BCUT2D eigenvalue weighted by molar-refractivity contribution is 0.0642. The minimum atomic E-state index is -0.446. The summed E-state index contributed by atoms with van der Waals surface area (Å²) in [6.07, 6.45) is 3.14. The number of benzene rings is 2. The number of carbonyl (C=O) groups excluding carboxylic acids is 1. The number of carbonyl (C=O) groups is 1. The monoisotopic (exact) mass is 375 g/mol. The summed E-state index contributed by atoms with van der Waals surface area (Å²) in [5.41, 5.74) is 2.30. The molecule has 1 atom stereocenters. The maximum Gasteiger partial charge on any atom is 0.253 e. The quantitative estimate of drug-likeness (QED) is 0.733. The second-order valence-electron chi connectivity index (χ2n) is 6.75. The van der Waals surface area contributed by atoms with Crippen LogP contribution in [0.5, 0.6) is 0 Å². The summed E-state index contributed by atoms with van der Waals surface area (Å²) in [6, 6.07) is 12.0. The fraction of sp³-hybridized carbons (Fsp3) is 0.381. The zero-order chi connectivity index (χ0) is 18.5. The van der Waals surface area contributed by atoms with Crippen LogP contribution < -0.4 is 0 Å². The first kappa shape index (κ1) is 18.9. The Morgan fingerprint density at radius 3 is 2.85 bits per heavy atom. The molecule has 0 bridgehead atoms. The molecule has 1 fully saturated rings. The molecule has 5 heteroatoms. The molecule has 0 unspecified atom stereocenters. The molecule has 0 saturated carbocycles. The van der Waals surface area contributed by atoms with Gasteiger partial charge in [-0.3, -0.25) is 4.79 Å². The molecular weight excluding hydrogens is 353 g/mol. The molecule has 26 heavy (non-hydrogen) atoms. The van der Waals surface area contributed by atoms with Gasteiger partial charge in [-0.05, 0) is 60.6 Å². The van der Waals surface area contributed by atoms with Gasteiger partial charge < -0.3 is 9.64 Å². The normalized spacial score (nSPS) is 17.3. The van der Waals surface area contributed by atoms with Crippen molar-refractivity contribution in [2.45, 2.75) is 19.3 Å². The van der Waals surface area contributed by atoms with E-state index in [-0.39, 0.29) is 10.9 Å². The molecule has 2 aromatic rings. The van der Waals surface area contributed by atoms with Crippen LogP contribution in [0.4, 0.5) is 4.39 Å². The van der Waals surface area contributed by atoms with E-state index >= 15 is 0 Å². The van der Waals surface area contributed by atoms with Crippen LogP contribution in [0.3, 0.4) is 0 Å². The van der Waals surface area contributed by atoms with Crippen molar-refractivity contribution < 1.29 is 13.9 Å². The van der Waals surface area contributed by atoms with E-state index in [1.165, 1.54) is 6.07 Å². The van der Waals surface area contributed by atoms with Crippen molar-refractivity contribution in [1.82, 2.24) is 4.90 Å². The minimum absolute atomic E-state index is 0.0437. The standard InChI is InChI=1S/C21H23ClFNO2/c1-26-11-9-15-4-3-10-24(14-15)21(25)18-6-2-5-16(12-18)17-7-8-20(23)19(22)13-17/h2,5-8,12-13,15H,3-4,9-11,14H2,1H3/t15-/m1/s1. The lowest BCUT2D eigenvalue weighted by Gasteiger charge is -2.33. The molecule has 2 aromatic carbocycles. The average Bonchev–Trinajstić information content (AvgIpc) is 2.68. The molecule has 0 spiro atoms. The Morgan fingerprint density at radius 2 is 2.08 bits per heavy atom. The van der Waals surface area contributed by atoms with E-state index in [4.69, 9.17) is 16.3 Å². The Kier molecular flexibility index (Phi) is 6.28. The molecular formula is C21H23ClFNO2. The highest BCUT2D eigenvalue weighted by Gasteiger charge is 2.24. The first-order valence-electron chi connectivity index (χ1n) is 8.92. The van der Waals surface area contributed by atoms with E-state index in [1.807, 2.05) is 29.2 Å². The molecule has 1 heterocycles. The lowest BCUT2D eigenvalue weighted by atomic mass is 9.94. The van der Waals surface area contributed by atoms with Crippen LogP contribution in [0.2, 0.25) is 5.02 Å². The Labute approximate surface area is 158 Å². The van der Waals surface area contributed by atoms with Crippen LogP contribution in [-0.2, 0) is 4.74 Å². The van der Waals surface area contributed by atoms with E-state index in [1.54, 1.807) is 19.2 Å². The summed E-state index contributed by atoms with van der Waals surface area (Å²) in [6.45, 7) is 2.29. The van der Waals surface area contributed by atoms with Gasteiger partial charge in [-0.15, -0.1) is 0 Å². The fourth-order valence-electron chi connectivity index (χ4n) is 3.46. The number of methoxy groups -OCH3 is 1. The van der Waals surface area contributed by atoms with Gasteiger partial charge in [0.15, 0.2) is 0 Å². The summed E-state index contributed by atoms with van der Waals surface area (Å²) >= 11 is 5.89. The predicted molar refractivity (Wildman–Crippen MR) is 102 cm³/mol. The van der Waals surface area contributed by atoms with Crippen LogP contribution in [0.25, 0.3) is 11.1 Å². The smallest absolute Gasteiger partial charge is 0.253 e. The SMILES string of the molecule is COCC[C@H]1CCCN(C(=O)c2cccc(-c3ccc(F)c(Cl)c3)c2)C1. The molecule has 0 aromatic heterocycles. The zero-order valence-electron chi connectivity index (χ0n) is 14.9. The fourth-order valence-corrected chi connectivity index (χ4v) is 3.64. The van der Waals surface area contributed by atoms with Crippen molar-refractivity contribution >= 4 is 17.5 Å². The number of amides is 1. The Bertz CT molecular complexity index is 780. The van der Waals surface area contributed by atoms with Crippen molar-refractivity contribution in [3.63, 3.8) is 0 Å². The maximum atomic E-state index is 13.4. The number of rotatable bonds is 5. The van der Waals surface area contributed by atoms with Gasteiger partial charge in [-0.1, -0.05) is 29.8 Å². The Hall–Kier alpha value is -1.91. The average molecular weight is 376 g/mol. The second-order valence-corrected chi connectivity index (χ2v) is 7.16. The van der Waals surface area contributed by atoms with Crippen molar-refractivity contribution in [2.24, 2.45) is 5.92 Å². The number of ether oxygens (including phenoxy) is 1. The van der Waals surface area contributed by atoms with E-state index in [9.17, 15) is 9.18 Å².